The first-order valence-electron chi connectivity index (χ1n) is 5.05. The van der Waals surface area contributed by atoms with Gasteiger partial charge in [-0.2, -0.15) is 15.6 Å². The van der Waals surface area contributed by atoms with Gasteiger partial charge in [0.25, 0.3) is 0 Å². The van der Waals surface area contributed by atoms with E-state index in [1.807, 2.05) is 36.4 Å². The highest BCUT2D eigenvalue weighted by atomic mass is 15.3. The molecule has 0 fully saturated rings. The zero-order valence-corrected chi connectivity index (χ0v) is 8.75. The number of pyridine rings is 1. The zero-order chi connectivity index (χ0) is 11.7. The molecule has 3 aromatic rings. The van der Waals surface area contributed by atoms with Crippen molar-refractivity contribution in [2.75, 3.05) is 0 Å². The fourth-order valence-electron chi connectivity index (χ4n) is 1.80. The number of aromatic amines is 1. The Balaban J connectivity index is 2.35. The van der Waals surface area contributed by atoms with Crippen LogP contribution >= 0.6 is 0 Å². The normalized spacial score (nSPS) is 10.3. The molecular formula is C12H7N5. The van der Waals surface area contributed by atoms with Crippen LogP contribution in [0.5, 0.6) is 0 Å². The molecule has 5 heteroatoms. The van der Waals surface area contributed by atoms with E-state index in [1.165, 1.54) is 0 Å². The number of nitrogens with one attached hydrogen (secondary N) is 1. The molecule has 17 heavy (non-hydrogen) atoms. The number of para-hydroxylation sites is 1. The predicted molar refractivity (Wildman–Crippen MR) is 61.8 cm³/mol. The van der Waals surface area contributed by atoms with Crippen LogP contribution in [0.2, 0.25) is 0 Å². The van der Waals surface area contributed by atoms with E-state index in [-0.39, 0.29) is 0 Å². The minimum Gasteiger partial charge on any atom is -0.256 e. The molecular weight excluding hydrogens is 214 g/mol. The van der Waals surface area contributed by atoms with Gasteiger partial charge in [-0.05, 0) is 12.1 Å². The maximum absolute atomic E-state index is 8.95. The Kier molecular flexibility index (Phi) is 2.06. The van der Waals surface area contributed by atoms with Crippen LogP contribution in [0.1, 0.15) is 5.69 Å². The molecule has 0 aliphatic carbocycles. The summed E-state index contributed by atoms with van der Waals surface area (Å²) in [4.78, 5) is 4.27. The molecule has 0 saturated carbocycles. The van der Waals surface area contributed by atoms with E-state index in [0.29, 0.717) is 11.4 Å². The Morgan fingerprint density at radius 3 is 2.88 bits per heavy atom. The highest BCUT2D eigenvalue weighted by molar-refractivity contribution is 5.94. The fraction of sp³-hybridized carbons (Fsp3) is 0. The topological polar surface area (TPSA) is 78.2 Å². The SMILES string of the molecule is N#Cc1n[nH]nc1-c1ccnc2ccccc12. The summed E-state index contributed by atoms with van der Waals surface area (Å²) >= 11 is 0. The monoisotopic (exact) mass is 221 g/mol. The van der Waals surface area contributed by atoms with Gasteiger partial charge in [0.15, 0.2) is 5.69 Å². The van der Waals surface area contributed by atoms with Gasteiger partial charge in [-0.1, -0.05) is 18.2 Å². The fourth-order valence-corrected chi connectivity index (χ4v) is 1.80. The van der Waals surface area contributed by atoms with Gasteiger partial charge >= 0.3 is 0 Å². The van der Waals surface area contributed by atoms with Crippen LogP contribution in [0.15, 0.2) is 36.5 Å². The molecule has 1 N–H and O–H groups in total. The first-order valence-corrected chi connectivity index (χ1v) is 5.05. The van der Waals surface area contributed by atoms with Crippen molar-refractivity contribution >= 4 is 10.9 Å². The number of hydrogen-bond donors (Lipinski definition) is 1. The van der Waals surface area contributed by atoms with Crippen molar-refractivity contribution < 1.29 is 0 Å². The number of fused-ring (bicyclic) bond motifs is 1. The van der Waals surface area contributed by atoms with Gasteiger partial charge in [-0.3, -0.25) is 4.98 Å². The Hall–Kier alpha value is -2.74. The quantitative estimate of drug-likeness (QED) is 0.680. The van der Waals surface area contributed by atoms with Crippen molar-refractivity contribution in [1.82, 2.24) is 20.4 Å². The van der Waals surface area contributed by atoms with Crippen LogP contribution in [0.25, 0.3) is 22.2 Å². The van der Waals surface area contributed by atoms with Crippen LogP contribution in [0.3, 0.4) is 0 Å². The van der Waals surface area contributed by atoms with E-state index in [4.69, 9.17) is 5.26 Å². The van der Waals surface area contributed by atoms with Crippen molar-refractivity contribution in [1.29, 1.82) is 5.26 Å². The van der Waals surface area contributed by atoms with Crippen molar-refractivity contribution in [3.63, 3.8) is 0 Å². The van der Waals surface area contributed by atoms with E-state index in [2.05, 4.69) is 20.4 Å². The zero-order valence-electron chi connectivity index (χ0n) is 8.75. The number of aromatic nitrogens is 4. The third-order valence-electron chi connectivity index (χ3n) is 2.56. The Morgan fingerprint density at radius 2 is 2.00 bits per heavy atom. The molecule has 5 nitrogen and oxygen atoms in total. The second kappa shape index (κ2) is 3.68. The average Bonchev–Trinajstić information content (AvgIpc) is 2.86. The lowest BCUT2D eigenvalue weighted by Crippen LogP contribution is -1.86. The predicted octanol–water partition coefficient (Wildman–Crippen LogP) is 1.89. The highest BCUT2D eigenvalue weighted by Crippen LogP contribution is 2.26. The number of nitriles is 1. The standard InChI is InChI=1S/C12H7N5/c13-7-11-12(16-17-15-11)9-5-6-14-10-4-2-1-3-8(9)10/h1-6H,(H,15,16,17). The lowest BCUT2D eigenvalue weighted by Gasteiger charge is -2.02. The first-order chi connectivity index (χ1) is 8.40. The number of H-pyrrole nitrogens is 1. The van der Waals surface area contributed by atoms with E-state index in [0.717, 1.165) is 16.5 Å². The minimum atomic E-state index is 0.293. The summed E-state index contributed by atoms with van der Waals surface area (Å²) in [7, 11) is 0. The molecule has 80 valence electrons. The molecule has 0 atom stereocenters. The number of rotatable bonds is 1. The average molecular weight is 221 g/mol. The smallest absolute Gasteiger partial charge is 0.190 e. The minimum absolute atomic E-state index is 0.293. The second-order valence-corrected chi connectivity index (χ2v) is 3.51. The molecule has 0 aliphatic heterocycles. The van der Waals surface area contributed by atoms with Crippen LogP contribution in [0.4, 0.5) is 0 Å². The molecule has 0 aliphatic rings. The first kappa shape index (κ1) is 9.48. The Bertz CT molecular complexity index is 718. The molecule has 0 saturated heterocycles. The second-order valence-electron chi connectivity index (χ2n) is 3.51. The number of nitrogens with zero attached hydrogens (tertiary/aromatic N) is 4. The lowest BCUT2D eigenvalue weighted by atomic mass is 10.1. The summed E-state index contributed by atoms with van der Waals surface area (Å²) in [6, 6.07) is 11.6. The number of hydrogen-bond acceptors (Lipinski definition) is 4. The Morgan fingerprint density at radius 1 is 1.12 bits per heavy atom. The summed E-state index contributed by atoms with van der Waals surface area (Å²) in [5, 5.41) is 20.2. The van der Waals surface area contributed by atoms with Crippen LogP contribution < -0.4 is 0 Å². The van der Waals surface area contributed by atoms with Gasteiger partial charge < -0.3 is 0 Å². The lowest BCUT2D eigenvalue weighted by molar-refractivity contribution is 0.937. The largest absolute Gasteiger partial charge is 0.256 e. The van der Waals surface area contributed by atoms with Gasteiger partial charge in [0, 0.05) is 17.1 Å². The van der Waals surface area contributed by atoms with Gasteiger partial charge in [-0.15, -0.1) is 5.10 Å². The van der Waals surface area contributed by atoms with E-state index in [1.54, 1.807) is 6.20 Å². The highest BCUT2D eigenvalue weighted by Gasteiger charge is 2.12. The van der Waals surface area contributed by atoms with Crippen LogP contribution in [-0.2, 0) is 0 Å². The third kappa shape index (κ3) is 1.43. The van der Waals surface area contributed by atoms with Gasteiger partial charge in [0.1, 0.15) is 11.8 Å². The van der Waals surface area contributed by atoms with E-state index < -0.39 is 0 Å². The molecule has 3 rings (SSSR count). The van der Waals surface area contributed by atoms with Crippen LogP contribution in [0, 0.1) is 11.3 Å². The summed E-state index contributed by atoms with van der Waals surface area (Å²) in [6.45, 7) is 0. The van der Waals surface area contributed by atoms with E-state index >= 15 is 0 Å². The van der Waals surface area contributed by atoms with Gasteiger partial charge in [-0.25, -0.2) is 0 Å². The van der Waals surface area contributed by atoms with Crippen molar-refractivity contribution in [2.24, 2.45) is 0 Å². The third-order valence-corrected chi connectivity index (χ3v) is 2.56. The summed E-state index contributed by atoms with van der Waals surface area (Å²) in [5.41, 5.74) is 2.59. The molecule has 0 amide bonds. The molecule has 1 aromatic carbocycles. The van der Waals surface area contributed by atoms with Crippen LogP contribution in [-0.4, -0.2) is 20.4 Å². The molecule has 0 radical (unpaired) electrons. The van der Waals surface area contributed by atoms with Gasteiger partial charge in [0.05, 0.1) is 5.52 Å². The molecule has 0 unspecified atom stereocenters. The van der Waals surface area contributed by atoms with Crippen molar-refractivity contribution in [3.05, 3.63) is 42.2 Å². The maximum Gasteiger partial charge on any atom is 0.190 e. The summed E-state index contributed by atoms with van der Waals surface area (Å²) < 4.78 is 0. The molecule has 2 heterocycles. The molecule has 2 aromatic heterocycles. The Labute approximate surface area is 96.7 Å². The van der Waals surface area contributed by atoms with Crippen molar-refractivity contribution in [2.45, 2.75) is 0 Å². The van der Waals surface area contributed by atoms with E-state index in [9.17, 15) is 0 Å². The molecule has 0 bridgehead atoms. The summed E-state index contributed by atoms with van der Waals surface area (Å²) in [5.74, 6) is 0. The van der Waals surface area contributed by atoms with Crippen molar-refractivity contribution in [3.8, 4) is 17.3 Å². The maximum atomic E-state index is 8.95. The van der Waals surface area contributed by atoms with Gasteiger partial charge in [0.2, 0.25) is 0 Å². The summed E-state index contributed by atoms with van der Waals surface area (Å²) in [6.07, 6.45) is 1.70. The molecule has 0 spiro atoms. The number of benzene rings is 1.